The summed E-state index contributed by atoms with van der Waals surface area (Å²) in [6, 6.07) is 15.4. The summed E-state index contributed by atoms with van der Waals surface area (Å²) in [5.74, 6) is 0.0964. The number of nitrogens with one attached hydrogen (secondary N) is 2. The van der Waals surface area contributed by atoms with Crippen LogP contribution in [-0.2, 0) is 4.79 Å². The van der Waals surface area contributed by atoms with Gasteiger partial charge < -0.3 is 15.4 Å². The van der Waals surface area contributed by atoms with Gasteiger partial charge in [-0.1, -0.05) is 17.7 Å². The molecule has 2 amide bonds. The van der Waals surface area contributed by atoms with E-state index in [0.717, 1.165) is 5.56 Å². The number of amides is 2. The molecule has 7 heteroatoms. The highest BCUT2D eigenvalue weighted by Gasteiger charge is 2.18. The van der Waals surface area contributed by atoms with Crippen molar-refractivity contribution in [2.45, 2.75) is 0 Å². The molecule has 29 heavy (non-hydrogen) atoms. The van der Waals surface area contributed by atoms with Crippen LogP contribution in [0.2, 0.25) is 5.02 Å². The molecule has 0 radical (unpaired) electrons. The number of hydrogen-bond donors (Lipinski definition) is 2. The summed E-state index contributed by atoms with van der Waals surface area (Å²) in [5.41, 5.74) is 2.79. The highest BCUT2D eigenvalue weighted by Crippen LogP contribution is 2.29. The lowest BCUT2D eigenvalue weighted by molar-refractivity contribution is -0.113. The Labute approximate surface area is 172 Å². The number of carbonyl (C=O) groups is 2. The fraction of sp³-hybridized carbons (Fsp3) is 0.0455. The third kappa shape index (κ3) is 4.44. The summed E-state index contributed by atoms with van der Waals surface area (Å²) < 4.78 is 5.62. The van der Waals surface area contributed by atoms with Crippen molar-refractivity contribution in [1.82, 2.24) is 4.98 Å². The van der Waals surface area contributed by atoms with Crippen LogP contribution in [0.5, 0.6) is 5.75 Å². The van der Waals surface area contributed by atoms with Gasteiger partial charge in [-0.05, 0) is 54.6 Å². The van der Waals surface area contributed by atoms with Crippen LogP contribution in [-0.4, -0.2) is 23.4 Å². The standard InChI is InChI=1S/C22H16ClN3O3/c23-17-4-5-20-15(11-17)10-16(13-29-20)22(28)26-19-3-1-2-14(12-19)21(27)25-18-6-8-24-9-7-18/h1-12H,13H2,(H,26,28)(H,24,25,27). The third-order valence-corrected chi connectivity index (χ3v) is 4.53. The Morgan fingerprint density at radius 3 is 2.55 bits per heavy atom. The summed E-state index contributed by atoms with van der Waals surface area (Å²) in [6.07, 6.45) is 4.94. The molecule has 0 aliphatic carbocycles. The van der Waals surface area contributed by atoms with Gasteiger partial charge in [0.1, 0.15) is 12.4 Å². The Morgan fingerprint density at radius 2 is 1.72 bits per heavy atom. The van der Waals surface area contributed by atoms with Crippen molar-refractivity contribution in [2.24, 2.45) is 0 Å². The fourth-order valence-corrected chi connectivity index (χ4v) is 3.05. The molecule has 3 aromatic rings. The monoisotopic (exact) mass is 405 g/mol. The topological polar surface area (TPSA) is 80.3 Å². The molecule has 2 heterocycles. The van der Waals surface area contributed by atoms with Crippen molar-refractivity contribution in [3.05, 3.63) is 88.7 Å². The maximum Gasteiger partial charge on any atom is 0.255 e. The van der Waals surface area contributed by atoms with Crippen LogP contribution >= 0.6 is 11.6 Å². The second-order valence-corrected chi connectivity index (χ2v) is 6.80. The van der Waals surface area contributed by atoms with Gasteiger partial charge in [-0.2, -0.15) is 0 Å². The van der Waals surface area contributed by atoms with Gasteiger partial charge in [0.05, 0.1) is 5.57 Å². The Bertz CT molecular complexity index is 1110. The van der Waals surface area contributed by atoms with Crippen LogP contribution in [0, 0.1) is 0 Å². The summed E-state index contributed by atoms with van der Waals surface area (Å²) in [4.78, 5) is 29.0. The van der Waals surface area contributed by atoms with Crippen LogP contribution in [0.25, 0.3) is 6.08 Å². The van der Waals surface area contributed by atoms with E-state index in [-0.39, 0.29) is 18.4 Å². The molecule has 0 saturated carbocycles. The summed E-state index contributed by atoms with van der Waals surface area (Å²) in [5, 5.41) is 6.16. The zero-order chi connectivity index (χ0) is 20.2. The van der Waals surface area contributed by atoms with E-state index < -0.39 is 0 Å². The molecule has 1 aliphatic heterocycles. The number of nitrogens with zero attached hydrogens (tertiary/aromatic N) is 1. The van der Waals surface area contributed by atoms with E-state index in [2.05, 4.69) is 15.6 Å². The van der Waals surface area contributed by atoms with E-state index in [1.165, 1.54) is 0 Å². The smallest absolute Gasteiger partial charge is 0.255 e. The number of halogens is 1. The van der Waals surface area contributed by atoms with Crippen LogP contribution < -0.4 is 15.4 Å². The fourth-order valence-electron chi connectivity index (χ4n) is 2.87. The molecule has 1 aliphatic rings. The van der Waals surface area contributed by atoms with E-state index in [9.17, 15) is 9.59 Å². The number of aromatic nitrogens is 1. The van der Waals surface area contributed by atoms with Gasteiger partial charge in [-0.3, -0.25) is 14.6 Å². The molecule has 0 fully saturated rings. The second kappa shape index (κ2) is 8.16. The summed E-state index contributed by atoms with van der Waals surface area (Å²) in [7, 11) is 0. The number of ether oxygens (including phenoxy) is 1. The molecular formula is C22H16ClN3O3. The normalized spacial score (nSPS) is 12.2. The minimum absolute atomic E-state index is 0.155. The molecule has 0 unspecified atom stereocenters. The molecule has 0 atom stereocenters. The molecular weight excluding hydrogens is 390 g/mol. The zero-order valence-electron chi connectivity index (χ0n) is 15.2. The number of fused-ring (bicyclic) bond motifs is 1. The summed E-state index contributed by atoms with van der Waals surface area (Å²) in [6.45, 7) is 0.155. The molecule has 0 bridgehead atoms. The quantitative estimate of drug-likeness (QED) is 0.674. The first-order valence-corrected chi connectivity index (χ1v) is 9.22. The number of benzene rings is 2. The molecule has 0 saturated heterocycles. The average molecular weight is 406 g/mol. The van der Waals surface area contributed by atoms with Crippen molar-refractivity contribution in [2.75, 3.05) is 17.2 Å². The highest BCUT2D eigenvalue weighted by atomic mass is 35.5. The van der Waals surface area contributed by atoms with Gasteiger partial charge in [0.2, 0.25) is 0 Å². The first-order valence-electron chi connectivity index (χ1n) is 8.84. The van der Waals surface area contributed by atoms with Crippen molar-refractivity contribution < 1.29 is 14.3 Å². The number of rotatable bonds is 4. The number of hydrogen-bond acceptors (Lipinski definition) is 4. The molecule has 144 valence electrons. The predicted octanol–water partition coefficient (Wildman–Crippen LogP) is 4.40. The van der Waals surface area contributed by atoms with E-state index in [0.29, 0.717) is 33.3 Å². The van der Waals surface area contributed by atoms with Crippen molar-refractivity contribution >= 4 is 40.9 Å². The Balaban J connectivity index is 1.48. The van der Waals surface area contributed by atoms with Crippen LogP contribution in [0.3, 0.4) is 0 Å². The van der Waals surface area contributed by atoms with Gasteiger partial charge in [-0.25, -0.2) is 0 Å². The van der Waals surface area contributed by atoms with Crippen molar-refractivity contribution in [3.63, 3.8) is 0 Å². The van der Waals surface area contributed by atoms with Crippen molar-refractivity contribution in [1.29, 1.82) is 0 Å². The van der Waals surface area contributed by atoms with Gasteiger partial charge in [0, 0.05) is 39.9 Å². The molecule has 0 spiro atoms. The lowest BCUT2D eigenvalue weighted by Crippen LogP contribution is -2.21. The summed E-state index contributed by atoms with van der Waals surface area (Å²) >= 11 is 6.01. The van der Waals surface area contributed by atoms with Crippen LogP contribution in [0.15, 0.2) is 72.6 Å². The first-order chi connectivity index (χ1) is 14.1. The van der Waals surface area contributed by atoms with E-state index in [1.807, 2.05) is 0 Å². The molecule has 4 rings (SSSR count). The number of carbonyl (C=O) groups excluding carboxylic acids is 2. The van der Waals surface area contributed by atoms with E-state index in [4.69, 9.17) is 16.3 Å². The second-order valence-electron chi connectivity index (χ2n) is 6.37. The predicted molar refractivity (Wildman–Crippen MR) is 112 cm³/mol. The minimum atomic E-state index is -0.303. The molecule has 2 N–H and O–H groups in total. The lowest BCUT2D eigenvalue weighted by Gasteiger charge is -2.18. The lowest BCUT2D eigenvalue weighted by atomic mass is 10.1. The SMILES string of the molecule is O=C(Nc1cccc(C(=O)Nc2ccncc2)c1)C1=Cc2cc(Cl)ccc2OC1. The number of pyridine rings is 1. The van der Waals surface area contributed by atoms with Crippen LogP contribution in [0.4, 0.5) is 11.4 Å². The van der Waals surface area contributed by atoms with Gasteiger partial charge >= 0.3 is 0 Å². The third-order valence-electron chi connectivity index (χ3n) is 4.30. The Hall–Kier alpha value is -3.64. The van der Waals surface area contributed by atoms with Crippen molar-refractivity contribution in [3.8, 4) is 5.75 Å². The molecule has 2 aromatic carbocycles. The Kier molecular flexibility index (Phi) is 5.27. The molecule has 1 aromatic heterocycles. The minimum Gasteiger partial charge on any atom is -0.488 e. The molecule has 6 nitrogen and oxygen atoms in total. The van der Waals surface area contributed by atoms with Crippen LogP contribution in [0.1, 0.15) is 15.9 Å². The maximum absolute atomic E-state index is 12.6. The Morgan fingerprint density at radius 1 is 0.931 bits per heavy atom. The highest BCUT2D eigenvalue weighted by molar-refractivity contribution is 6.30. The van der Waals surface area contributed by atoms with Gasteiger partial charge in [0.15, 0.2) is 0 Å². The van der Waals surface area contributed by atoms with E-state index >= 15 is 0 Å². The van der Waals surface area contributed by atoms with Gasteiger partial charge in [0.25, 0.3) is 11.8 Å². The average Bonchev–Trinajstić information content (AvgIpc) is 2.74. The number of anilines is 2. The van der Waals surface area contributed by atoms with E-state index in [1.54, 1.807) is 73.1 Å². The largest absolute Gasteiger partial charge is 0.488 e. The first kappa shape index (κ1) is 18.7. The van der Waals surface area contributed by atoms with Gasteiger partial charge in [-0.15, -0.1) is 0 Å². The maximum atomic E-state index is 12.6. The zero-order valence-corrected chi connectivity index (χ0v) is 15.9.